The van der Waals surface area contributed by atoms with E-state index in [2.05, 4.69) is 63.4 Å². The second-order valence-electron chi connectivity index (χ2n) is 5.40. The van der Waals surface area contributed by atoms with Crippen molar-refractivity contribution < 1.29 is 0 Å². The zero-order valence-corrected chi connectivity index (χ0v) is 12.7. The lowest BCUT2D eigenvalue weighted by molar-refractivity contribution is 0.539. The Morgan fingerprint density at radius 3 is 2.68 bits per heavy atom. The number of nitrogens with zero attached hydrogens (tertiary/aromatic N) is 2. The summed E-state index contributed by atoms with van der Waals surface area (Å²) in [7, 11) is 1.98. The molecule has 0 bridgehead atoms. The van der Waals surface area contributed by atoms with E-state index < -0.39 is 0 Å². The Bertz CT molecular complexity index is 796. The minimum absolute atomic E-state index is 0.296. The van der Waals surface area contributed by atoms with Crippen LogP contribution in [0.2, 0.25) is 0 Å². The first-order chi connectivity index (χ1) is 10.8. The molecule has 3 aromatic rings. The van der Waals surface area contributed by atoms with Crippen molar-refractivity contribution in [2.24, 2.45) is 0 Å². The monoisotopic (exact) mass is 289 g/mol. The summed E-state index contributed by atoms with van der Waals surface area (Å²) in [4.78, 5) is 3.51. The van der Waals surface area contributed by atoms with Crippen LogP contribution >= 0.6 is 0 Å². The van der Waals surface area contributed by atoms with Gasteiger partial charge in [0.2, 0.25) is 0 Å². The lowest BCUT2D eigenvalue weighted by atomic mass is 10.0. The molecule has 0 aliphatic rings. The quantitative estimate of drug-likeness (QED) is 0.691. The van der Waals surface area contributed by atoms with E-state index in [0.29, 0.717) is 11.7 Å². The van der Waals surface area contributed by atoms with Crippen LogP contribution in [0.15, 0.2) is 60.8 Å². The molecule has 1 unspecified atom stereocenters. The van der Waals surface area contributed by atoms with Crippen LogP contribution in [-0.4, -0.2) is 18.2 Å². The lowest BCUT2D eigenvalue weighted by Gasteiger charge is -2.21. The fourth-order valence-electron chi connectivity index (χ4n) is 2.92. The minimum Gasteiger partial charge on any atom is -0.340 e. The van der Waals surface area contributed by atoms with E-state index in [9.17, 15) is 0 Å². The Kier molecular flexibility index (Phi) is 4.22. The van der Waals surface area contributed by atoms with E-state index >= 15 is 0 Å². The number of aromatic nitrogens is 1. The fraction of sp³-hybridized carbons (Fsp3) is 0.211. The maximum absolute atomic E-state index is 7.15. The van der Waals surface area contributed by atoms with Crippen LogP contribution in [0.5, 0.6) is 0 Å². The van der Waals surface area contributed by atoms with Crippen molar-refractivity contribution in [1.82, 2.24) is 9.88 Å². The van der Waals surface area contributed by atoms with Crippen LogP contribution in [0.1, 0.15) is 18.0 Å². The van der Waals surface area contributed by atoms with Gasteiger partial charge in [-0.15, -0.1) is 0 Å². The number of nitrogens with one attached hydrogen (secondary N) is 1. The largest absolute Gasteiger partial charge is 0.340 e. The van der Waals surface area contributed by atoms with E-state index in [1.54, 1.807) is 0 Å². The van der Waals surface area contributed by atoms with Gasteiger partial charge in [-0.05, 0) is 49.2 Å². The minimum atomic E-state index is 0.296. The molecule has 0 amide bonds. The molecular weight excluding hydrogens is 270 g/mol. The fourth-order valence-corrected chi connectivity index (χ4v) is 2.92. The third-order valence-corrected chi connectivity index (χ3v) is 4.02. The summed E-state index contributed by atoms with van der Waals surface area (Å²) in [5, 5.41) is 4.37. The second kappa shape index (κ2) is 6.46. The van der Waals surface area contributed by atoms with Crippen molar-refractivity contribution in [2.45, 2.75) is 12.5 Å². The third kappa shape index (κ3) is 2.74. The zero-order valence-electron chi connectivity index (χ0n) is 12.7. The standard InChI is InChI=1S/C19H19N3/c1-20-12-10-19(15-6-4-3-5-7-15)22-13-11-16-14-17(21-2)8-9-18(16)22/h3-9,11,13-14,19-20H,10,12H2,1H3. The van der Waals surface area contributed by atoms with Crippen LogP contribution in [0, 0.1) is 6.57 Å². The number of hydrogen-bond donors (Lipinski definition) is 1. The van der Waals surface area contributed by atoms with Gasteiger partial charge in [-0.2, -0.15) is 0 Å². The maximum atomic E-state index is 7.15. The summed E-state index contributed by atoms with van der Waals surface area (Å²) >= 11 is 0. The molecule has 1 N–H and O–H groups in total. The summed E-state index contributed by atoms with van der Waals surface area (Å²) in [6, 6.07) is 18.9. The Balaban J connectivity index is 2.06. The van der Waals surface area contributed by atoms with Crippen molar-refractivity contribution in [1.29, 1.82) is 0 Å². The first-order valence-electron chi connectivity index (χ1n) is 7.51. The number of rotatable bonds is 5. The summed E-state index contributed by atoms with van der Waals surface area (Å²) in [6.07, 6.45) is 3.15. The average Bonchev–Trinajstić information content (AvgIpc) is 2.99. The summed E-state index contributed by atoms with van der Waals surface area (Å²) in [6.45, 7) is 8.10. The smallest absolute Gasteiger partial charge is 0.187 e. The van der Waals surface area contributed by atoms with Crippen molar-refractivity contribution in [3.05, 3.63) is 77.8 Å². The number of fused-ring (bicyclic) bond motifs is 1. The first kappa shape index (κ1) is 14.4. The summed E-state index contributed by atoms with van der Waals surface area (Å²) in [5.41, 5.74) is 3.18. The van der Waals surface area contributed by atoms with Gasteiger partial charge >= 0.3 is 0 Å². The molecule has 0 saturated heterocycles. The van der Waals surface area contributed by atoms with Gasteiger partial charge in [-0.25, -0.2) is 4.85 Å². The highest BCUT2D eigenvalue weighted by atomic mass is 15.0. The van der Waals surface area contributed by atoms with Crippen molar-refractivity contribution in [2.75, 3.05) is 13.6 Å². The Morgan fingerprint density at radius 2 is 1.95 bits per heavy atom. The highest BCUT2D eigenvalue weighted by Crippen LogP contribution is 2.29. The first-order valence-corrected chi connectivity index (χ1v) is 7.51. The number of benzene rings is 2. The van der Waals surface area contributed by atoms with Gasteiger partial charge in [0.15, 0.2) is 5.69 Å². The molecule has 0 fully saturated rings. The molecule has 3 nitrogen and oxygen atoms in total. The maximum Gasteiger partial charge on any atom is 0.187 e. The lowest BCUT2D eigenvalue weighted by Crippen LogP contribution is -2.17. The van der Waals surface area contributed by atoms with E-state index in [4.69, 9.17) is 6.57 Å². The zero-order chi connectivity index (χ0) is 15.4. The van der Waals surface area contributed by atoms with Gasteiger partial charge in [0.05, 0.1) is 12.6 Å². The predicted molar refractivity (Wildman–Crippen MR) is 91.3 cm³/mol. The van der Waals surface area contributed by atoms with E-state index in [0.717, 1.165) is 18.4 Å². The van der Waals surface area contributed by atoms with Gasteiger partial charge in [0.25, 0.3) is 0 Å². The molecule has 22 heavy (non-hydrogen) atoms. The molecule has 1 heterocycles. The van der Waals surface area contributed by atoms with Gasteiger partial charge in [0.1, 0.15) is 0 Å². The molecular formula is C19H19N3. The molecule has 1 aromatic heterocycles. The van der Waals surface area contributed by atoms with E-state index in [1.165, 1.54) is 11.1 Å². The van der Waals surface area contributed by atoms with Gasteiger partial charge in [-0.1, -0.05) is 36.4 Å². The molecule has 3 rings (SSSR count). The Labute approximate surface area is 131 Å². The van der Waals surface area contributed by atoms with Crippen molar-refractivity contribution in [3.63, 3.8) is 0 Å². The average molecular weight is 289 g/mol. The molecule has 0 radical (unpaired) electrons. The highest BCUT2D eigenvalue weighted by molar-refractivity contribution is 5.84. The Morgan fingerprint density at radius 1 is 1.14 bits per heavy atom. The van der Waals surface area contributed by atoms with Crippen LogP contribution in [0.4, 0.5) is 5.69 Å². The number of hydrogen-bond acceptors (Lipinski definition) is 1. The normalized spacial score (nSPS) is 12.2. The molecule has 0 aliphatic heterocycles. The van der Waals surface area contributed by atoms with Gasteiger partial charge < -0.3 is 9.88 Å². The third-order valence-electron chi connectivity index (χ3n) is 4.02. The highest BCUT2D eigenvalue weighted by Gasteiger charge is 2.15. The molecule has 1 atom stereocenters. The molecule has 110 valence electrons. The Hall–Kier alpha value is -2.57. The van der Waals surface area contributed by atoms with Crippen LogP contribution in [0.3, 0.4) is 0 Å². The summed E-state index contributed by atoms with van der Waals surface area (Å²) in [5.74, 6) is 0. The topological polar surface area (TPSA) is 21.3 Å². The molecule has 0 spiro atoms. The van der Waals surface area contributed by atoms with Crippen molar-refractivity contribution >= 4 is 16.6 Å². The van der Waals surface area contributed by atoms with Crippen LogP contribution in [-0.2, 0) is 0 Å². The van der Waals surface area contributed by atoms with E-state index in [-0.39, 0.29) is 0 Å². The molecule has 0 aliphatic carbocycles. The molecule has 0 saturated carbocycles. The second-order valence-corrected chi connectivity index (χ2v) is 5.40. The SMILES string of the molecule is [C-]#[N+]c1ccc2c(ccn2C(CCNC)c2ccccc2)c1. The van der Waals surface area contributed by atoms with Crippen LogP contribution in [0.25, 0.3) is 15.7 Å². The predicted octanol–water partition coefficient (Wildman–Crippen LogP) is 4.39. The molecule has 2 aromatic carbocycles. The van der Waals surface area contributed by atoms with E-state index in [1.807, 2.05) is 19.2 Å². The van der Waals surface area contributed by atoms with Gasteiger partial charge in [-0.3, -0.25) is 0 Å². The van der Waals surface area contributed by atoms with Crippen LogP contribution < -0.4 is 5.32 Å². The van der Waals surface area contributed by atoms with Crippen molar-refractivity contribution in [3.8, 4) is 0 Å². The van der Waals surface area contributed by atoms with Gasteiger partial charge in [0, 0.05) is 11.7 Å². The summed E-state index contributed by atoms with van der Waals surface area (Å²) < 4.78 is 2.32. The molecule has 3 heteroatoms.